The molecule has 160 valence electrons. The highest BCUT2D eigenvalue weighted by atomic mass is 16.2. The van der Waals surface area contributed by atoms with Crippen molar-refractivity contribution >= 4 is 11.4 Å². The fourth-order valence-electron chi connectivity index (χ4n) is 5.73. The van der Waals surface area contributed by atoms with Gasteiger partial charge in [0.25, 0.3) is 11.5 Å². The van der Waals surface area contributed by atoms with E-state index in [9.17, 15) is 9.59 Å². The molecular formula is C24H27N5O2. The maximum atomic E-state index is 13.3. The van der Waals surface area contributed by atoms with Crippen LogP contribution in [0.1, 0.15) is 46.8 Å². The number of pyridine rings is 2. The van der Waals surface area contributed by atoms with E-state index in [0.29, 0.717) is 31.1 Å². The van der Waals surface area contributed by atoms with E-state index >= 15 is 0 Å². The van der Waals surface area contributed by atoms with Gasteiger partial charge in [0, 0.05) is 49.6 Å². The number of likely N-dealkylation sites (tertiary alicyclic amines) is 2. The van der Waals surface area contributed by atoms with Crippen molar-refractivity contribution in [2.24, 2.45) is 5.92 Å². The summed E-state index contributed by atoms with van der Waals surface area (Å²) in [7, 11) is 0. The molecule has 0 unspecified atom stereocenters. The number of carbonyl (C=O) groups excluding carboxylic acids is 1. The van der Waals surface area contributed by atoms with Crippen molar-refractivity contribution in [2.75, 3.05) is 26.2 Å². The SMILES string of the molecule is O=C(c1cnn2ccccc12)N1C[C@@H]2C[C@H](C1)c1ccc(CN3CCCC3)c(=O)n1C2. The monoisotopic (exact) mass is 417 g/mol. The van der Waals surface area contributed by atoms with E-state index < -0.39 is 0 Å². The van der Waals surface area contributed by atoms with Crippen molar-refractivity contribution in [3.8, 4) is 0 Å². The van der Waals surface area contributed by atoms with Gasteiger partial charge in [-0.25, -0.2) is 4.52 Å². The van der Waals surface area contributed by atoms with Crippen LogP contribution in [0.3, 0.4) is 0 Å². The molecule has 0 spiro atoms. The third-order valence-electron chi connectivity index (χ3n) is 7.22. The quantitative estimate of drug-likeness (QED) is 0.656. The molecule has 1 amide bonds. The van der Waals surface area contributed by atoms with E-state index in [1.54, 1.807) is 10.7 Å². The number of amides is 1. The molecule has 7 heteroatoms. The van der Waals surface area contributed by atoms with Gasteiger partial charge >= 0.3 is 0 Å². The van der Waals surface area contributed by atoms with E-state index in [-0.39, 0.29) is 17.4 Å². The van der Waals surface area contributed by atoms with Gasteiger partial charge in [0.05, 0.1) is 17.3 Å². The summed E-state index contributed by atoms with van der Waals surface area (Å²) >= 11 is 0. The first-order valence-electron chi connectivity index (χ1n) is 11.3. The molecule has 3 aromatic rings. The predicted molar refractivity (Wildman–Crippen MR) is 117 cm³/mol. The Bertz CT molecular complexity index is 1210. The largest absolute Gasteiger partial charge is 0.338 e. The van der Waals surface area contributed by atoms with Crippen LogP contribution in [0.25, 0.3) is 5.52 Å². The zero-order valence-corrected chi connectivity index (χ0v) is 17.6. The van der Waals surface area contributed by atoms with Gasteiger partial charge in [0.15, 0.2) is 0 Å². The molecule has 3 aliphatic heterocycles. The fourth-order valence-corrected chi connectivity index (χ4v) is 5.73. The number of fused-ring (bicyclic) bond motifs is 5. The first-order valence-corrected chi connectivity index (χ1v) is 11.3. The lowest BCUT2D eigenvalue weighted by Gasteiger charge is -2.43. The van der Waals surface area contributed by atoms with Crippen LogP contribution < -0.4 is 5.56 Å². The average molecular weight is 418 g/mol. The fraction of sp³-hybridized carbons (Fsp3) is 0.458. The second-order valence-electron chi connectivity index (χ2n) is 9.28. The average Bonchev–Trinajstić information content (AvgIpc) is 3.45. The number of hydrogen-bond acceptors (Lipinski definition) is 4. The normalized spacial score (nSPS) is 23.3. The van der Waals surface area contributed by atoms with Crippen LogP contribution in [0.4, 0.5) is 0 Å². The van der Waals surface area contributed by atoms with Crippen molar-refractivity contribution < 1.29 is 4.79 Å². The molecule has 0 aliphatic carbocycles. The Morgan fingerprint density at radius 3 is 2.81 bits per heavy atom. The molecule has 0 aromatic carbocycles. The van der Waals surface area contributed by atoms with Crippen LogP contribution in [-0.2, 0) is 13.1 Å². The van der Waals surface area contributed by atoms with Gasteiger partial charge in [-0.05, 0) is 56.5 Å². The molecule has 0 saturated carbocycles. The first kappa shape index (κ1) is 18.8. The summed E-state index contributed by atoms with van der Waals surface area (Å²) in [6, 6.07) is 9.94. The summed E-state index contributed by atoms with van der Waals surface area (Å²) in [6.07, 6.45) is 7.04. The Morgan fingerprint density at radius 1 is 1.06 bits per heavy atom. The zero-order valence-electron chi connectivity index (χ0n) is 17.6. The lowest BCUT2D eigenvalue weighted by atomic mass is 9.82. The zero-order chi connectivity index (χ0) is 20.9. The molecule has 31 heavy (non-hydrogen) atoms. The maximum Gasteiger partial charge on any atom is 0.257 e. The van der Waals surface area contributed by atoms with Gasteiger partial charge in [0.2, 0.25) is 0 Å². The minimum absolute atomic E-state index is 0.0392. The summed E-state index contributed by atoms with van der Waals surface area (Å²) in [5.74, 6) is 0.570. The highest BCUT2D eigenvalue weighted by Crippen LogP contribution is 2.36. The van der Waals surface area contributed by atoms with E-state index in [1.807, 2.05) is 39.9 Å². The van der Waals surface area contributed by atoms with Crippen molar-refractivity contribution in [3.05, 3.63) is 69.9 Å². The van der Waals surface area contributed by atoms with Crippen molar-refractivity contribution in [2.45, 2.75) is 38.3 Å². The van der Waals surface area contributed by atoms with Gasteiger partial charge in [-0.1, -0.05) is 12.1 Å². The van der Waals surface area contributed by atoms with Crippen molar-refractivity contribution in [1.29, 1.82) is 0 Å². The number of aromatic nitrogens is 3. The Hall–Kier alpha value is -2.93. The second-order valence-corrected chi connectivity index (χ2v) is 9.28. The van der Waals surface area contributed by atoms with Crippen LogP contribution in [0.2, 0.25) is 0 Å². The Kier molecular flexibility index (Phi) is 4.45. The van der Waals surface area contributed by atoms with Crippen LogP contribution in [0.15, 0.2) is 47.5 Å². The second kappa shape index (κ2) is 7.34. The van der Waals surface area contributed by atoms with Crippen LogP contribution >= 0.6 is 0 Å². The molecule has 3 aromatic heterocycles. The Balaban J connectivity index is 1.27. The summed E-state index contributed by atoms with van der Waals surface area (Å²) in [4.78, 5) is 30.9. The van der Waals surface area contributed by atoms with E-state index in [1.165, 1.54) is 12.8 Å². The lowest BCUT2D eigenvalue weighted by Crippen LogP contribution is -2.49. The van der Waals surface area contributed by atoms with Gasteiger partial charge in [-0.15, -0.1) is 0 Å². The molecule has 3 aliphatic rings. The van der Waals surface area contributed by atoms with Gasteiger partial charge in [-0.2, -0.15) is 5.10 Å². The molecule has 0 radical (unpaired) electrons. The third kappa shape index (κ3) is 3.19. The van der Waals surface area contributed by atoms with Crippen molar-refractivity contribution in [1.82, 2.24) is 24.0 Å². The molecule has 2 bridgehead atoms. The number of nitrogens with zero attached hydrogens (tertiary/aromatic N) is 5. The number of piperidine rings is 1. The highest BCUT2D eigenvalue weighted by molar-refractivity contribution is 6.00. The topological polar surface area (TPSA) is 62.9 Å². The summed E-state index contributed by atoms with van der Waals surface area (Å²) in [5.41, 5.74) is 3.65. The van der Waals surface area contributed by atoms with Crippen molar-refractivity contribution in [3.63, 3.8) is 0 Å². The first-order chi connectivity index (χ1) is 15.2. The standard InChI is InChI=1S/C24H27N5O2/c30-23-18(15-26-8-3-4-9-26)6-7-21-19-11-17(14-28(21)23)13-27(16-19)24(31)20-12-25-29-10-2-1-5-22(20)29/h1-2,5-7,10,12,17,19H,3-4,8-9,11,13-16H2/t17-,19+/m0/s1. The minimum Gasteiger partial charge on any atom is -0.338 e. The van der Waals surface area contributed by atoms with E-state index in [0.717, 1.165) is 42.8 Å². The molecule has 2 saturated heterocycles. The number of rotatable bonds is 3. The molecule has 2 fully saturated rings. The molecule has 0 N–H and O–H groups in total. The van der Waals surface area contributed by atoms with E-state index in [4.69, 9.17) is 0 Å². The Labute approximate surface area is 180 Å². The number of carbonyl (C=O) groups is 1. The van der Waals surface area contributed by atoms with Gasteiger partial charge in [0.1, 0.15) is 0 Å². The lowest BCUT2D eigenvalue weighted by molar-refractivity contribution is 0.0596. The summed E-state index contributed by atoms with van der Waals surface area (Å²) in [6.45, 7) is 5.00. The van der Waals surface area contributed by atoms with Crippen LogP contribution in [-0.4, -0.2) is 56.1 Å². The maximum absolute atomic E-state index is 13.3. The molecule has 6 heterocycles. The molecule has 6 rings (SSSR count). The third-order valence-corrected chi connectivity index (χ3v) is 7.22. The summed E-state index contributed by atoms with van der Waals surface area (Å²) in [5, 5.41) is 4.33. The smallest absolute Gasteiger partial charge is 0.257 e. The molecule has 2 atom stereocenters. The van der Waals surface area contributed by atoms with E-state index in [2.05, 4.69) is 16.1 Å². The van der Waals surface area contributed by atoms with Gasteiger partial charge < -0.3 is 9.47 Å². The Morgan fingerprint density at radius 2 is 1.94 bits per heavy atom. The summed E-state index contributed by atoms with van der Waals surface area (Å²) < 4.78 is 3.75. The number of hydrogen-bond donors (Lipinski definition) is 0. The van der Waals surface area contributed by atoms with Crippen LogP contribution in [0, 0.1) is 5.92 Å². The molecular weight excluding hydrogens is 390 g/mol. The molecule has 7 nitrogen and oxygen atoms in total. The highest BCUT2D eigenvalue weighted by Gasteiger charge is 2.37. The minimum atomic E-state index is 0.0392. The van der Waals surface area contributed by atoms with Gasteiger partial charge in [-0.3, -0.25) is 14.5 Å². The predicted octanol–water partition coefficient (Wildman–Crippen LogP) is 2.35. The van der Waals surface area contributed by atoms with Crippen LogP contribution in [0.5, 0.6) is 0 Å².